The predicted molar refractivity (Wildman–Crippen MR) is 82.5 cm³/mol. The van der Waals surface area contributed by atoms with Gasteiger partial charge in [-0.2, -0.15) is 13.2 Å². The highest BCUT2D eigenvalue weighted by molar-refractivity contribution is 6.05. The number of benzene rings is 1. The molecule has 1 aromatic heterocycles. The van der Waals surface area contributed by atoms with Crippen LogP contribution in [0.25, 0.3) is 0 Å². The van der Waals surface area contributed by atoms with Crippen LogP contribution in [0.15, 0.2) is 42.6 Å². The third-order valence-corrected chi connectivity index (χ3v) is 3.67. The molecule has 0 N–H and O–H groups in total. The molecule has 2 amide bonds. The predicted octanol–water partition coefficient (Wildman–Crippen LogP) is 3.08. The second-order valence-corrected chi connectivity index (χ2v) is 5.20. The monoisotopic (exact) mass is 351 g/mol. The van der Waals surface area contributed by atoms with Gasteiger partial charge in [-0.25, -0.2) is 9.78 Å². The van der Waals surface area contributed by atoms with Crippen LogP contribution in [-0.4, -0.2) is 30.6 Å². The van der Waals surface area contributed by atoms with Crippen molar-refractivity contribution in [3.8, 4) is 5.75 Å². The van der Waals surface area contributed by atoms with Crippen LogP contribution in [0.3, 0.4) is 0 Å². The summed E-state index contributed by atoms with van der Waals surface area (Å²) < 4.78 is 42.5. The average molecular weight is 351 g/mol. The molecule has 9 heteroatoms. The topological polar surface area (TPSA) is 62.7 Å². The van der Waals surface area contributed by atoms with Crippen LogP contribution in [0.5, 0.6) is 5.75 Å². The second kappa shape index (κ2) is 6.42. The minimum Gasteiger partial charge on any atom is -0.429 e. The van der Waals surface area contributed by atoms with Gasteiger partial charge in [-0.1, -0.05) is 6.07 Å². The molecule has 3 rings (SSSR count). The third kappa shape index (κ3) is 3.39. The van der Waals surface area contributed by atoms with Gasteiger partial charge in [0, 0.05) is 31.0 Å². The van der Waals surface area contributed by atoms with Gasteiger partial charge < -0.3 is 4.74 Å². The summed E-state index contributed by atoms with van der Waals surface area (Å²) in [6.45, 7) is 0.880. The fourth-order valence-electron chi connectivity index (χ4n) is 2.48. The minimum absolute atomic E-state index is 0.140. The molecule has 1 fully saturated rings. The fraction of sp³-hybridized carbons (Fsp3) is 0.188. The van der Waals surface area contributed by atoms with Gasteiger partial charge in [0.25, 0.3) is 6.47 Å². The Bertz CT molecular complexity index is 793. The summed E-state index contributed by atoms with van der Waals surface area (Å²) in [7, 11) is 0. The summed E-state index contributed by atoms with van der Waals surface area (Å²) in [6.07, 6.45) is -3.78. The van der Waals surface area contributed by atoms with Crippen molar-refractivity contribution in [1.29, 1.82) is 0 Å². The summed E-state index contributed by atoms with van der Waals surface area (Å²) in [5.74, 6) is 0.423. The highest BCUT2D eigenvalue weighted by Crippen LogP contribution is 2.31. The van der Waals surface area contributed by atoms with Gasteiger partial charge in [0.05, 0.1) is 5.56 Å². The van der Waals surface area contributed by atoms with E-state index in [9.17, 15) is 22.8 Å². The van der Waals surface area contributed by atoms with E-state index in [-0.39, 0.29) is 24.6 Å². The van der Waals surface area contributed by atoms with Crippen molar-refractivity contribution in [2.75, 3.05) is 22.9 Å². The Morgan fingerprint density at radius 2 is 1.88 bits per heavy atom. The number of ether oxygens (including phenoxy) is 1. The van der Waals surface area contributed by atoms with E-state index in [0.29, 0.717) is 18.4 Å². The first-order valence-electron chi connectivity index (χ1n) is 7.23. The number of nitrogens with zero attached hydrogens (tertiary/aromatic N) is 3. The van der Waals surface area contributed by atoms with Crippen LogP contribution in [0.1, 0.15) is 5.56 Å². The molecular formula is C16H12F3N3O3. The van der Waals surface area contributed by atoms with Gasteiger partial charge in [-0.3, -0.25) is 14.6 Å². The first kappa shape index (κ1) is 16.7. The molecule has 0 saturated carbocycles. The molecule has 0 spiro atoms. The molecule has 25 heavy (non-hydrogen) atoms. The number of rotatable bonds is 4. The third-order valence-electron chi connectivity index (χ3n) is 3.67. The van der Waals surface area contributed by atoms with Gasteiger partial charge in [-0.05, 0) is 24.3 Å². The van der Waals surface area contributed by atoms with Gasteiger partial charge in [0.15, 0.2) is 0 Å². The molecule has 0 atom stereocenters. The second-order valence-electron chi connectivity index (χ2n) is 5.20. The number of anilines is 2. The van der Waals surface area contributed by atoms with Crippen molar-refractivity contribution in [3.63, 3.8) is 0 Å². The number of urea groups is 1. The molecule has 1 aromatic carbocycles. The molecular weight excluding hydrogens is 339 g/mol. The summed E-state index contributed by atoms with van der Waals surface area (Å²) in [5, 5.41) is 0. The summed E-state index contributed by atoms with van der Waals surface area (Å²) >= 11 is 0. The number of halogens is 3. The van der Waals surface area contributed by atoms with Gasteiger partial charge in [-0.15, -0.1) is 0 Å². The molecule has 1 saturated heterocycles. The fourth-order valence-corrected chi connectivity index (χ4v) is 2.48. The molecule has 0 aliphatic carbocycles. The first-order chi connectivity index (χ1) is 11.9. The lowest BCUT2D eigenvalue weighted by atomic mass is 10.2. The molecule has 1 aliphatic heterocycles. The Balaban J connectivity index is 1.80. The van der Waals surface area contributed by atoms with Crippen LogP contribution in [0.4, 0.5) is 29.5 Å². The number of amides is 2. The van der Waals surface area contributed by atoms with E-state index in [2.05, 4.69) is 4.98 Å². The molecule has 2 aromatic rings. The lowest BCUT2D eigenvalue weighted by Gasteiger charge is -2.18. The molecule has 130 valence electrons. The van der Waals surface area contributed by atoms with Crippen molar-refractivity contribution in [2.24, 2.45) is 0 Å². The largest absolute Gasteiger partial charge is 0.429 e. The zero-order valence-corrected chi connectivity index (χ0v) is 12.7. The van der Waals surface area contributed by atoms with E-state index >= 15 is 0 Å². The number of carbonyl (C=O) groups excluding carboxylic acids is 2. The van der Waals surface area contributed by atoms with Crippen molar-refractivity contribution in [1.82, 2.24) is 4.98 Å². The zero-order valence-electron chi connectivity index (χ0n) is 12.7. The average Bonchev–Trinajstić information content (AvgIpc) is 2.96. The lowest BCUT2D eigenvalue weighted by molar-refractivity contribution is -0.137. The Labute approximate surface area is 140 Å². The number of carbonyl (C=O) groups is 2. The molecule has 2 heterocycles. The Hall–Kier alpha value is -3.10. The highest BCUT2D eigenvalue weighted by atomic mass is 19.4. The molecule has 0 radical (unpaired) electrons. The normalized spacial score (nSPS) is 14.8. The van der Waals surface area contributed by atoms with Crippen LogP contribution >= 0.6 is 0 Å². The van der Waals surface area contributed by atoms with E-state index in [1.807, 2.05) is 0 Å². The number of aromatic nitrogens is 1. The smallest absolute Gasteiger partial charge is 0.417 e. The Morgan fingerprint density at radius 1 is 1.12 bits per heavy atom. The van der Waals surface area contributed by atoms with Crippen molar-refractivity contribution >= 4 is 24.0 Å². The van der Waals surface area contributed by atoms with Crippen molar-refractivity contribution in [2.45, 2.75) is 6.18 Å². The lowest BCUT2D eigenvalue weighted by Crippen LogP contribution is -2.32. The van der Waals surface area contributed by atoms with E-state index < -0.39 is 17.8 Å². The van der Waals surface area contributed by atoms with Crippen LogP contribution < -0.4 is 14.5 Å². The van der Waals surface area contributed by atoms with Gasteiger partial charge >= 0.3 is 12.2 Å². The summed E-state index contributed by atoms with van der Waals surface area (Å²) in [4.78, 5) is 29.4. The van der Waals surface area contributed by atoms with E-state index in [0.717, 1.165) is 12.1 Å². The van der Waals surface area contributed by atoms with Crippen molar-refractivity contribution in [3.05, 3.63) is 48.2 Å². The number of pyridine rings is 1. The van der Waals surface area contributed by atoms with E-state index in [1.54, 1.807) is 18.2 Å². The van der Waals surface area contributed by atoms with Gasteiger partial charge in [0.2, 0.25) is 0 Å². The maximum atomic E-state index is 12.6. The maximum absolute atomic E-state index is 12.6. The quantitative estimate of drug-likeness (QED) is 0.794. The summed E-state index contributed by atoms with van der Waals surface area (Å²) in [5.41, 5.74) is -0.364. The zero-order chi connectivity index (χ0) is 18.0. The number of hydrogen-bond acceptors (Lipinski definition) is 4. The van der Waals surface area contributed by atoms with E-state index in [1.165, 1.54) is 15.9 Å². The number of alkyl halides is 3. The highest BCUT2D eigenvalue weighted by Gasteiger charge is 2.34. The van der Waals surface area contributed by atoms with Crippen molar-refractivity contribution < 1.29 is 27.5 Å². The molecule has 0 unspecified atom stereocenters. The first-order valence-corrected chi connectivity index (χ1v) is 7.23. The summed E-state index contributed by atoms with van der Waals surface area (Å²) in [6, 6.07) is 8.01. The number of hydrogen-bond donors (Lipinski definition) is 0. The molecule has 0 bridgehead atoms. The van der Waals surface area contributed by atoms with Crippen LogP contribution in [0, 0.1) is 0 Å². The standard InChI is InChI=1S/C16H12F3N3O3/c17-16(18,19)11-4-5-14(20-9-11)22-7-6-21(15(22)24)12-2-1-3-13(8-12)25-10-23/h1-5,8-10H,6-7H2. The molecule has 1 aliphatic rings. The van der Waals surface area contributed by atoms with Crippen LogP contribution in [-0.2, 0) is 11.0 Å². The minimum atomic E-state index is -4.48. The Kier molecular flexibility index (Phi) is 4.30. The SMILES string of the molecule is O=COc1cccc(N2CCN(c3ccc(C(F)(F)F)cn3)C2=O)c1. The maximum Gasteiger partial charge on any atom is 0.417 e. The Morgan fingerprint density at radius 3 is 2.52 bits per heavy atom. The van der Waals surface area contributed by atoms with Crippen LogP contribution in [0.2, 0.25) is 0 Å². The molecule has 6 nitrogen and oxygen atoms in total. The van der Waals surface area contributed by atoms with E-state index in [4.69, 9.17) is 4.74 Å². The van der Waals surface area contributed by atoms with Gasteiger partial charge in [0.1, 0.15) is 11.6 Å².